The van der Waals surface area contributed by atoms with E-state index in [0.29, 0.717) is 13.0 Å². The van der Waals surface area contributed by atoms with E-state index in [0.717, 1.165) is 18.5 Å². The van der Waals surface area contributed by atoms with Crippen LogP contribution in [0.5, 0.6) is 0 Å². The molecule has 0 saturated carbocycles. The highest BCUT2D eigenvalue weighted by Crippen LogP contribution is 2.18. The van der Waals surface area contributed by atoms with Gasteiger partial charge in [-0.3, -0.25) is 9.59 Å². The Morgan fingerprint density at radius 2 is 2.14 bits per heavy atom. The number of ether oxygens (including phenoxy) is 1. The topological polar surface area (TPSA) is 84.7 Å². The molecule has 0 aromatic heterocycles. The van der Waals surface area contributed by atoms with Gasteiger partial charge in [0.05, 0.1) is 12.6 Å². The number of methoxy groups -OCH3 is 1. The largest absolute Gasteiger partial charge is 0.383 e. The Hall–Kier alpha value is -1.92. The van der Waals surface area contributed by atoms with Crippen molar-refractivity contribution in [3.63, 3.8) is 0 Å². The lowest BCUT2D eigenvalue weighted by Gasteiger charge is -2.26. The standard InChI is InChI=1S/C16H23N3O3/c1-22-11-13(17)16(21)18-14(12-6-3-2-4-7-12)10-19-9-5-8-15(19)20/h2-4,6-7,13-14H,5,8-11,17H2,1H3,(H,18,21). The third-order valence-electron chi connectivity index (χ3n) is 3.78. The molecule has 6 heteroatoms. The Bertz CT molecular complexity index is 507. The van der Waals surface area contributed by atoms with Gasteiger partial charge in [0.1, 0.15) is 6.04 Å². The minimum atomic E-state index is -0.717. The monoisotopic (exact) mass is 305 g/mol. The van der Waals surface area contributed by atoms with Gasteiger partial charge in [-0.25, -0.2) is 0 Å². The lowest BCUT2D eigenvalue weighted by Crippen LogP contribution is -2.47. The lowest BCUT2D eigenvalue weighted by molar-refractivity contribution is -0.129. The number of likely N-dealkylation sites (tertiary alicyclic amines) is 1. The number of hydrogen-bond donors (Lipinski definition) is 2. The van der Waals surface area contributed by atoms with Gasteiger partial charge in [-0.05, 0) is 12.0 Å². The van der Waals surface area contributed by atoms with Crippen LogP contribution in [0.3, 0.4) is 0 Å². The molecule has 22 heavy (non-hydrogen) atoms. The number of nitrogens with two attached hydrogens (primary N) is 1. The van der Waals surface area contributed by atoms with Crippen molar-refractivity contribution in [3.05, 3.63) is 35.9 Å². The van der Waals surface area contributed by atoms with Gasteiger partial charge in [0, 0.05) is 26.6 Å². The molecule has 2 atom stereocenters. The molecule has 0 aliphatic carbocycles. The van der Waals surface area contributed by atoms with Crippen molar-refractivity contribution < 1.29 is 14.3 Å². The van der Waals surface area contributed by atoms with Gasteiger partial charge in [0.15, 0.2) is 0 Å². The first-order chi connectivity index (χ1) is 10.6. The molecule has 1 fully saturated rings. The molecule has 1 aliphatic rings. The Balaban J connectivity index is 2.08. The molecule has 1 aromatic rings. The van der Waals surface area contributed by atoms with E-state index in [2.05, 4.69) is 5.32 Å². The van der Waals surface area contributed by atoms with Crippen molar-refractivity contribution in [1.29, 1.82) is 0 Å². The third kappa shape index (κ3) is 4.29. The number of carbonyl (C=O) groups excluding carboxylic acids is 2. The second-order valence-corrected chi connectivity index (χ2v) is 5.48. The summed E-state index contributed by atoms with van der Waals surface area (Å²) in [7, 11) is 1.50. The molecule has 1 aromatic carbocycles. The fraction of sp³-hybridized carbons (Fsp3) is 0.500. The fourth-order valence-corrected chi connectivity index (χ4v) is 2.57. The Morgan fingerprint density at radius 3 is 2.73 bits per heavy atom. The molecule has 2 rings (SSSR count). The lowest BCUT2D eigenvalue weighted by atomic mass is 10.1. The maximum atomic E-state index is 12.2. The molecule has 1 aliphatic heterocycles. The Kier molecular flexibility index (Phi) is 5.91. The highest BCUT2D eigenvalue weighted by Gasteiger charge is 2.26. The normalized spacial score (nSPS) is 17.4. The summed E-state index contributed by atoms with van der Waals surface area (Å²) in [5.41, 5.74) is 6.73. The third-order valence-corrected chi connectivity index (χ3v) is 3.78. The van der Waals surface area contributed by atoms with Crippen LogP contribution in [0.25, 0.3) is 0 Å². The van der Waals surface area contributed by atoms with Gasteiger partial charge >= 0.3 is 0 Å². The average molecular weight is 305 g/mol. The van der Waals surface area contributed by atoms with E-state index in [1.165, 1.54) is 7.11 Å². The van der Waals surface area contributed by atoms with E-state index < -0.39 is 6.04 Å². The number of amides is 2. The van der Waals surface area contributed by atoms with Crippen molar-refractivity contribution in [3.8, 4) is 0 Å². The van der Waals surface area contributed by atoms with Crippen LogP contribution in [0, 0.1) is 0 Å². The highest BCUT2D eigenvalue weighted by atomic mass is 16.5. The molecule has 0 radical (unpaired) electrons. The number of rotatable bonds is 7. The fourth-order valence-electron chi connectivity index (χ4n) is 2.57. The molecular weight excluding hydrogens is 282 g/mol. The van der Waals surface area contributed by atoms with E-state index in [1.807, 2.05) is 30.3 Å². The van der Waals surface area contributed by atoms with Gasteiger partial charge in [0.25, 0.3) is 0 Å². The van der Waals surface area contributed by atoms with Crippen molar-refractivity contribution in [2.75, 3.05) is 26.8 Å². The maximum Gasteiger partial charge on any atom is 0.239 e. The maximum absolute atomic E-state index is 12.2. The molecule has 2 amide bonds. The van der Waals surface area contributed by atoms with Crippen LogP contribution in [-0.4, -0.2) is 49.6 Å². The summed E-state index contributed by atoms with van der Waals surface area (Å²) >= 11 is 0. The van der Waals surface area contributed by atoms with E-state index in [1.54, 1.807) is 4.90 Å². The molecule has 6 nitrogen and oxygen atoms in total. The summed E-state index contributed by atoms with van der Waals surface area (Å²) in [4.78, 5) is 25.8. The van der Waals surface area contributed by atoms with Crippen molar-refractivity contribution in [2.45, 2.75) is 24.9 Å². The van der Waals surface area contributed by atoms with Gasteiger partial charge < -0.3 is 20.7 Å². The molecule has 2 unspecified atom stereocenters. The summed E-state index contributed by atoms with van der Waals surface area (Å²) in [6, 6.07) is 8.63. The average Bonchev–Trinajstić information content (AvgIpc) is 2.93. The predicted molar refractivity (Wildman–Crippen MR) is 83.0 cm³/mol. The summed E-state index contributed by atoms with van der Waals surface area (Å²) in [6.45, 7) is 1.37. The van der Waals surface area contributed by atoms with Crippen molar-refractivity contribution >= 4 is 11.8 Å². The van der Waals surface area contributed by atoms with Crippen LogP contribution < -0.4 is 11.1 Å². The van der Waals surface area contributed by atoms with E-state index in [4.69, 9.17) is 10.5 Å². The zero-order valence-corrected chi connectivity index (χ0v) is 12.8. The first-order valence-electron chi connectivity index (χ1n) is 7.49. The first kappa shape index (κ1) is 16.5. The summed E-state index contributed by atoms with van der Waals surface area (Å²) in [6.07, 6.45) is 1.45. The zero-order chi connectivity index (χ0) is 15.9. The minimum absolute atomic E-state index is 0.136. The van der Waals surface area contributed by atoms with Crippen LogP contribution in [0.2, 0.25) is 0 Å². The zero-order valence-electron chi connectivity index (χ0n) is 12.8. The first-order valence-corrected chi connectivity index (χ1v) is 7.49. The molecule has 0 bridgehead atoms. The van der Waals surface area contributed by atoms with Gasteiger partial charge in [0.2, 0.25) is 11.8 Å². The molecule has 1 heterocycles. The number of nitrogens with zero attached hydrogens (tertiary/aromatic N) is 1. The summed E-state index contributed by atoms with van der Waals surface area (Å²) < 4.78 is 4.91. The number of nitrogens with one attached hydrogen (secondary N) is 1. The van der Waals surface area contributed by atoms with Crippen molar-refractivity contribution in [1.82, 2.24) is 10.2 Å². The van der Waals surface area contributed by atoms with E-state index in [-0.39, 0.29) is 24.5 Å². The number of carbonyl (C=O) groups is 2. The smallest absolute Gasteiger partial charge is 0.239 e. The minimum Gasteiger partial charge on any atom is -0.383 e. The molecule has 120 valence electrons. The Morgan fingerprint density at radius 1 is 1.41 bits per heavy atom. The molecule has 1 saturated heterocycles. The molecule has 3 N–H and O–H groups in total. The second kappa shape index (κ2) is 7.91. The van der Waals surface area contributed by atoms with Crippen LogP contribution in [0.4, 0.5) is 0 Å². The van der Waals surface area contributed by atoms with Gasteiger partial charge in [-0.1, -0.05) is 30.3 Å². The molecular formula is C16H23N3O3. The summed E-state index contributed by atoms with van der Waals surface area (Å²) in [5, 5.41) is 2.93. The van der Waals surface area contributed by atoms with Crippen molar-refractivity contribution in [2.24, 2.45) is 5.73 Å². The van der Waals surface area contributed by atoms with Crippen LogP contribution >= 0.6 is 0 Å². The van der Waals surface area contributed by atoms with E-state index >= 15 is 0 Å². The second-order valence-electron chi connectivity index (χ2n) is 5.48. The van der Waals surface area contributed by atoms with Gasteiger partial charge in [-0.2, -0.15) is 0 Å². The SMILES string of the molecule is COCC(N)C(=O)NC(CN1CCCC1=O)c1ccccc1. The van der Waals surface area contributed by atoms with Crippen LogP contribution in [0.15, 0.2) is 30.3 Å². The summed E-state index contributed by atoms with van der Waals surface area (Å²) in [5.74, 6) is -0.140. The predicted octanol–water partition coefficient (Wildman–Crippen LogP) is 0.440. The Labute approximate surface area is 130 Å². The van der Waals surface area contributed by atoms with Crippen LogP contribution in [0.1, 0.15) is 24.4 Å². The quantitative estimate of drug-likeness (QED) is 0.765. The number of hydrogen-bond acceptors (Lipinski definition) is 4. The van der Waals surface area contributed by atoms with E-state index in [9.17, 15) is 9.59 Å². The highest BCUT2D eigenvalue weighted by molar-refractivity contribution is 5.82. The molecule has 0 spiro atoms. The van der Waals surface area contributed by atoms with Gasteiger partial charge in [-0.15, -0.1) is 0 Å². The number of benzene rings is 1. The van der Waals surface area contributed by atoms with Crippen LogP contribution in [-0.2, 0) is 14.3 Å².